The maximum Gasteiger partial charge on any atom is 0.136 e. The Kier molecular flexibility index (Phi) is 2.39. The lowest BCUT2D eigenvalue weighted by molar-refractivity contribution is 0.255. The van der Waals surface area contributed by atoms with E-state index in [2.05, 4.69) is 13.5 Å². The zero-order valence-electron chi connectivity index (χ0n) is 6.11. The van der Waals surface area contributed by atoms with Gasteiger partial charge in [0, 0.05) is 6.42 Å². The lowest BCUT2D eigenvalue weighted by atomic mass is 10.1. The van der Waals surface area contributed by atoms with Crippen LogP contribution >= 0.6 is 11.6 Å². The predicted octanol–water partition coefficient (Wildman–Crippen LogP) is 2.82. The number of halogens is 1. The molecular weight excluding hydrogens is 148 g/mol. The van der Waals surface area contributed by atoms with Crippen LogP contribution in [0.3, 0.4) is 0 Å². The summed E-state index contributed by atoms with van der Waals surface area (Å²) in [5, 5.41) is 0.536. The molecule has 1 aliphatic heterocycles. The molecule has 0 spiro atoms. The van der Waals surface area contributed by atoms with Crippen molar-refractivity contribution in [2.75, 3.05) is 6.61 Å². The Labute approximate surface area is 66.3 Å². The Morgan fingerprint density at radius 1 is 1.80 bits per heavy atom. The van der Waals surface area contributed by atoms with Gasteiger partial charge in [-0.25, -0.2) is 0 Å². The Bertz CT molecular complexity index is 182. The van der Waals surface area contributed by atoms with Gasteiger partial charge in [-0.2, -0.15) is 0 Å². The van der Waals surface area contributed by atoms with Gasteiger partial charge in [0.25, 0.3) is 0 Å². The van der Waals surface area contributed by atoms with E-state index in [0.717, 1.165) is 25.2 Å². The van der Waals surface area contributed by atoms with Gasteiger partial charge in [-0.15, -0.1) is 0 Å². The number of hydrogen-bond acceptors (Lipinski definition) is 1. The molecule has 0 aromatic rings. The summed E-state index contributed by atoms with van der Waals surface area (Å²) in [5.74, 6) is 0.823. The van der Waals surface area contributed by atoms with Gasteiger partial charge in [0.05, 0.1) is 11.6 Å². The average molecular weight is 159 g/mol. The Morgan fingerprint density at radius 3 is 2.90 bits per heavy atom. The zero-order chi connectivity index (χ0) is 7.56. The normalized spacial score (nSPS) is 17.4. The van der Waals surface area contributed by atoms with Crippen LogP contribution in [0.5, 0.6) is 0 Å². The molecule has 0 N–H and O–H groups in total. The monoisotopic (exact) mass is 158 g/mol. The second kappa shape index (κ2) is 3.11. The summed E-state index contributed by atoms with van der Waals surface area (Å²) < 4.78 is 5.27. The highest BCUT2D eigenvalue weighted by molar-refractivity contribution is 6.31. The van der Waals surface area contributed by atoms with Crippen LogP contribution in [0.1, 0.15) is 19.8 Å². The van der Waals surface area contributed by atoms with Crippen LogP contribution in [0, 0.1) is 0 Å². The van der Waals surface area contributed by atoms with Crippen molar-refractivity contribution < 1.29 is 4.74 Å². The van der Waals surface area contributed by atoms with Crippen LogP contribution in [0.2, 0.25) is 0 Å². The highest BCUT2D eigenvalue weighted by atomic mass is 35.5. The topological polar surface area (TPSA) is 9.23 Å². The molecule has 1 nitrogen and oxygen atoms in total. The highest BCUT2D eigenvalue weighted by Crippen LogP contribution is 2.28. The van der Waals surface area contributed by atoms with Gasteiger partial charge in [-0.05, 0) is 12.0 Å². The van der Waals surface area contributed by atoms with E-state index < -0.39 is 0 Å². The maximum atomic E-state index is 5.68. The third-order valence-corrected chi connectivity index (χ3v) is 1.82. The van der Waals surface area contributed by atoms with Gasteiger partial charge >= 0.3 is 0 Å². The minimum atomic E-state index is 0.536. The molecule has 0 aromatic carbocycles. The van der Waals surface area contributed by atoms with Crippen molar-refractivity contribution in [3.63, 3.8) is 0 Å². The molecule has 1 aliphatic rings. The molecule has 1 rings (SSSR count). The summed E-state index contributed by atoms with van der Waals surface area (Å²) in [6.45, 7) is 6.49. The first-order valence-electron chi connectivity index (χ1n) is 3.45. The minimum Gasteiger partial charge on any atom is -0.492 e. The molecule has 0 amide bonds. The molecule has 0 aliphatic carbocycles. The Morgan fingerprint density at radius 2 is 2.50 bits per heavy atom. The van der Waals surface area contributed by atoms with E-state index in [0.29, 0.717) is 5.03 Å². The van der Waals surface area contributed by atoms with Crippen LogP contribution in [0.4, 0.5) is 0 Å². The van der Waals surface area contributed by atoms with E-state index in [4.69, 9.17) is 16.3 Å². The second-order valence-corrected chi connectivity index (χ2v) is 2.75. The van der Waals surface area contributed by atoms with Crippen molar-refractivity contribution in [3.05, 3.63) is 22.9 Å². The highest BCUT2D eigenvalue weighted by Gasteiger charge is 2.15. The average Bonchev–Trinajstić information content (AvgIpc) is 2.33. The quantitative estimate of drug-likeness (QED) is 0.601. The van der Waals surface area contributed by atoms with Crippen molar-refractivity contribution in [2.45, 2.75) is 19.8 Å². The second-order valence-electron chi connectivity index (χ2n) is 2.29. The summed E-state index contributed by atoms with van der Waals surface area (Å²) in [7, 11) is 0. The summed E-state index contributed by atoms with van der Waals surface area (Å²) in [6.07, 6.45) is 2.03. The first kappa shape index (κ1) is 7.67. The first-order chi connectivity index (χ1) is 4.75. The first-order valence-corrected chi connectivity index (χ1v) is 3.83. The molecule has 56 valence electrons. The summed E-state index contributed by atoms with van der Waals surface area (Å²) in [5.41, 5.74) is 1.29. The number of hydrogen-bond donors (Lipinski definition) is 0. The fourth-order valence-corrected chi connectivity index (χ4v) is 1.29. The fourth-order valence-electron chi connectivity index (χ4n) is 1.10. The van der Waals surface area contributed by atoms with Crippen molar-refractivity contribution in [1.82, 2.24) is 0 Å². The minimum absolute atomic E-state index is 0.536. The smallest absolute Gasteiger partial charge is 0.136 e. The fraction of sp³-hybridized carbons (Fsp3) is 0.500. The van der Waals surface area contributed by atoms with Crippen LogP contribution < -0.4 is 0 Å². The van der Waals surface area contributed by atoms with Gasteiger partial charge in [0.15, 0.2) is 0 Å². The van der Waals surface area contributed by atoms with E-state index in [9.17, 15) is 0 Å². The SMILES string of the molecule is C=C(Cl)C1=C(CC)CCO1. The molecule has 2 heteroatoms. The lowest BCUT2D eigenvalue weighted by Gasteiger charge is -2.00. The van der Waals surface area contributed by atoms with Crippen LogP contribution in [0.25, 0.3) is 0 Å². The molecule has 0 saturated carbocycles. The Hall–Kier alpha value is -0.430. The van der Waals surface area contributed by atoms with Gasteiger partial charge in [0.1, 0.15) is 5.76 Å². The zero-order valence-corrected chi connectivity index (χ0v) is 6.87. The third kappa shape index (κ3) is 1.35. The lowest BCUT2D eigenvalue weighted by Crippen LogP contribution is -1.83. The largest absolute Gasteiger partial charge is 0.492 e. The van der Waals surface area contributed by atoms with Crippen molar-refractivity contribution in [2.24, 2.45) is 0 Å². The van der Waals surface area contributed by atoms with E-state index in [1.54, 1.807) is 0 Å². The van der Waals surface area contributed by atoms with Crippen LogP contribution in [-0.2, 0) is 4.74 Å². The number of rotatable bonds is 2. The summed E-state index contributed by atoms with van der Waals surface area (Å²) in [4.78, 5) is 0. The molecule has 0 fully saturated rings. The molecule has 0 atom stereocenters. The molecule has 0 bridgehead atoms. The van der Waals surface area contributed by atoms with E-state index in [1.165, 1.54) is 5.57 Å². The molecule has 10 heavy (non-hydrogen) atoms. The van der Waals surface area contributed by atoms with Crippen molar-refractivity contribution >= 4 is 11.6 Å². The molecular formula is C8H11ClO. The number of allylic oxidation sites excluding steroid dienone is 1. The van der Waals surface area contributed by atoms with Gasteiger partial charge in [0.2, 0.25) is 0 Å². The van der Waals surface area contributed by atoms with E-state index in [1.807, 2.05) is 0 Å². The van der Waals surface area contributed by atoms with Crippen molar-refractivity contribution in [3.8, 4) is 0 Å². The predicted molar refractivity (Wildman–Crippen MR) is 42.9 cm³/mol. The molecule has 0 unspecified atom stereocenters. The van der Waals surface area contributed by atoms with Gasteiger partial charge in [-0.1, -0.05) is 25.1 Å². The van der Waals surface area contributed by atoms with Gasteiger partial charge < -0.3 is 4.74 Å². The maximum absolute atomic E-state index is 5.68. The van der Waals surface area contributed by atoms with E-state index >= 15 is 0 Å². The molecule has 0 aromatic heterocycles. The summed E-state index contributed by atoms with van der Waals surface area (Å²) in [6, 6.07) is 0. The van der Waals surface area contributed by atoms with Crippen LogP contribution in [-0.4, -0.2) is 6.61 Å². The molecule has 0 radical (unpaired) electrons. The standard InChI is InChI=1S/C8H11ClO/c1-3-7-4-5-10-8(7)6(2)9/h2-5H2,1H3. The van der Waals surface area contributed by atoms with Crippen LogP contribution in [0.15, 0.2) is 22.9 Å². The number of ether oxygens (including phenoxy) is 1. The van der Waals surface area contributed by atoms with Gasteiger partial charge in [-0.3, -0.25) is 0 Å². The molecule has 1 heterocycles. The summed E-state index contributed by atoms with van der Waals surface area (Å²) >= 11 is 5.68. The van der Waals surface area contributed by atoms with Crippen molar-refractivity contribution in [1.29, 1.82) is 0 Å². The third-order valence-electron chi connectivity index (χ3n) is 1.64. The molecule has 0 saturated heterocycles. The Balaban J connectivity index is 2.78. The van der Waals surface area contributed by atoms with E-state index in [-0.39, 0.29) is 0 Å².